The summed E-state index contributed by atoms with van der Waals surface area (Å²) in [7, 11) is 0. The lowest BCUT2D eigenvalue weighted by atomic mass is 10.5. The summed E-state index contributed by atoms with van der Waals surface area (Å²) in [5, 5.41) is 0. The molecule has 1 heterocycles. The van der Waals surface area contributed by atoms with E-state index in [1.165, 1.54) is 0 Å². The topological polar surface area (TPSA) is 3.24 Å². The second-order valence-corrected chi connectivity index (χ2v) is 1.78. The van der Waals surface area contributed by atoms with Gasteiger partial charge >= 0.3 is 0 Å². The molecule has 0 atom stereocenters. The Labute approximate surface area is 43.2 Å². The molecular formula is C4H6NS-. The first-order valence-corrected chi connectivity index (χ1v) is 2.36. The summed E-state index contributed by atoms with van der Waals surface area (Å²) in [5.41, 5.74) is 0. The molecule has 0 bridgehead atoms. The standard InChI is InChI=1S/C4H6NS/c6-5-3-1-2-4-5/h1,3H,2,4H2/q-1. The monoisotopic (exact) mass is 100 g/mol. The van der Waals surface area contributed by atoms with Crippen LogP contribution in [0.3, 0.4) is 0 Å². The van der Waals surface area contributed by atoms with Gasteiger partial charge in [-0.05, 0) is 19.2 Å². The minimum absolute atomic E-state index is 1.02. The second kappa shape index (κ2) is 1.56. The van der Waals surface area contributed by atoms with Crippen molar-refractivity contribution in [1.29, 1.82) is 0 Å². The lowest BCUT2D eigenvalue weighted by molar-refractivity contribution is 0.677. The van der Waals surface area contributed by atoms with Crippen molar-refractivity contribution in [1.82, 2.24) is 4.31 Å². The lowest BCUT2D eigenvalue weighted by Crippen LogP contribution is -2.02. The maximum Gasteiger partial charge on any atom is -0.00203 e. The lowest BCUT2D eigenvalue weighted by Gasteiger charge is -2.20. The molecule has 0 fully saturated rings. The van der Waals surface area contributed by atoms with Gasteiger partial charge in [-0.15, -0.1) is 0 Å². The Kier molecular flexibility index (Phi) is 1.05. The maximum atomic E-state index is 4.75. The van der Waals surface area contributed by atoms with Crippen LogP contribution < -0.4 is 0 Å². The first-order chi connectivity index (χ1) is 2.89. The van der Waals surface area contributed by atoms with E-state index in [1.807, 2.05) is 6.20 Å². The van der Waals surface area contributed by atoms with E-state index in [4.69, 9.17) is 12.8 Å². The first-order valence-electron chi connectivity index (χ1n) is 2.00. The van der Waals surface area contributed by atoms with Gasteiger partial charge in [-0.25, -0.2) is 0 Å². The molecule has 0 aliphatic carbocycles. The van der Waals surface area contributed by atoms with Gasteiger partial charge in [0.2, 0.25) is 0 Å². The molecule has 6 heavy (non-hydrogen) atoms. The van der Waals surface area contributed by atoms with Gasteiger partial charge in [0.15, 0.2) is 0 Å². The third-order valence-corrected chi connectivity index (χ3v) is 1.09. The zero-order valence-electron chi connectivity index (χ0n) is 3.42. The number of hydrogen-bond acceptors (Lipinski definition) is 2. The fourth-order valence-corrected chi connectivity index (χ4v) is 0.660. The van der Waals surface area contributed by atoms with Crippen LogP contribution in [0.2, 0.25) is 0 Å². The Balaban J connectivity index is 2.38. The van der Waals surface area contributed by atoms with Crippen LogP contribution in [0.15, 0.2) is 12.3 Å². The van der Waals surface area contributed by atoms with Crippen LogP contribution in [0, 0.1) is 0 Å². The average Bonchev–Trinajstić information content (AvgIpc) is 1.86. The van der Waals surface area contributed by atoms with E-state index in [-0.39, 0.29) is 0 Å². The molecular weight excluding hydrogens is 94.1 g/mol. The van der Waals surface area contributed by atoms with Crippen LogP contribution in [0.5, 0.6) is 0 Å². The molecule has 2 heteroatoms. The fraction of sp³-hybridized carbons (Fsp3) is 0.500. The normalized spacial score (nSPS) is 19.8. The van der Waals surface area contributed by atoms with E-state index < -0.39 is 0 Å². The highest BCUT2D eigenvalue weighted by Gasteiger charge is 1.85. The minimum Gasteiger partial charge on any atom is -0.667 e. The summed E-state index contributed by atoms with van der Waals surface area (Å²) in [5.74, 6) is 0. The molecule has 1 aliphatic rings. The second-order valence-electron chi connectivity index (χ2n) is 1.31. The summed E-state index contributed by atoms with van der Waals surface area (Å²) < 4.78 is 1.76. The van der Waals surface area contributed by atoms with E-state index in [1.54, 1.807) is 4.31 Å². The zero-order chi connectivity index (χ0) is 4.41. The highest BCUT2D eigenvalue weighted by Crippen LogP contribution is 1.98. The van der Waals surface area contributed by atoms with E-state index in [0.717, 1.165) is 13.0 Å². The van der Waals surface area contributed by atoms with Crippen molar-refractivity contribution in [3.8, 4) is 0 Å². The van der Waals surface area contributed by atoms with E-state index in [0.29, 0.717) is 0 Å². The van der Waals surface area contributed by atoms with Crippen LogP contribution in [0.25, 0.3) is 0 Å². The van der Waals surface area contributed by atoms with Crippen LogP contribution in [0.1, 0.15) is 6.42 Å². The number of rotatable bonds is 0. The van der Waals surface area contributed by atoms with Gasteiger partial charge < -0.3 is 17.1 Å². The van der Waals surface area contributed by atoms with Crippen LogP contribution in [-0.2, 0) is 12.8 Å². The van der Waals surface area contributed by atoms with Gasteiger partial charge in [-0.3, -0.25) is 0 Å². The van der Waals surface area contributed by atoms with Gasteiger partial charge in [0.25, 0.3) is 0 Å². The third kappa shape index (κ3) is 0.684. The average molecular weight is 100 g/mol. The molecule has 1 nitrogen and oxygen atoms in total. The van der Waals surface area contributed by atoms with E-state index >= 15 is 0 Å². The van der Waals surface area contributed by atoms with E-state index in [9.17, 15) is 0 Å². The fourth-order valence-electron chi connectivity index (χ4n) is 0.468. The Morgan fingerprint density at radius 3 is 2.67 bits per heavy atom. The van der Waals surface area contributed by atoms with Gasteiger partial charge in [0.1, 0.15) is 0 Å². The predicted octanol–water partition coefficient (Wildman–Crippen LogP) is 0.668. The van der Waals surface area contributed by atoms with Gasteiger partial charge in [0.05, 0.1) is 0 Å². The third-order valence-electron chi connectivity index (χ3n) is 0.788. The molecule has 34 valence electrons. The summed E-state index contributed by atoms with van der Waals surface area (Å²) in [6.07, 6.45) is 5.13. The van der Waals surface area contributed by atoms with Crippen molar-refractivity contribution in [3.63, 3.8) is 0 Å². The first kappa shape index (κ1) is 4.06. The van der Waals surface area contributed by atoms with Gasteiger partial charge in [-0.1, -0.05) is 6.08 Å². The largest absolute Gasteiger partial charge is 0.667 e. The van der Waals surface area contributed by atoms with Gasteiger partial charge in [-0.2, -0.15) is 0 Å². The Morgan fingerprint density at radius 1 is 1.67 bits per heavy atom. The minimum atomic E-state index is 1.02. The molecule has 0 saturated heterocycles. The SMILES string of the molecule is [S-]N1C=CCC1. The number of nitrogens with zero attached hydrogens (tertiary/aromatic N) is 1. The molecule has 1 aliphatic heterocycles. The van der Waals surface area contributed by atoms with Crippen molar-refractivity contribution in [2.75, 3.05) is 6.54 Å². The van der Waals surface area contributed by atoms with Crippen LogP contribution >= 0.6 is 0 Å². The molecule has 0 aromatic carbocycles. The Hall–Kier alpha value is -0.110. The molecule has 0 aromatic heterocycles. The smallest absolute Gasteiger partial charge is 0.00203 e. The highest BCUT2D eigenvalue weighted by molar-refractivity contribution is 7.56. The summed E-state index contributed by atoms with van der Waals surface area (Å²) >= 11 is 4.75. The quantitative estimate of drug-likeness (QED) is 0.411. The van der Waals surface area contributed by atoms with Crippen molar-refractivity contribution >= 4 is 12.8 Å². The summed E-state index contributed by atoms with van der Waals surface area (Å²) in [6, 6.07) is 0. The molecule has 0 aromatic rings. The van der Waals surface area contributed by atoms with Gasteiger partial charge in [0, 0.05) is 0 Å². The molecule has 1 rings (SSSR count). The van der Waals surface area contributed by atoms with Crippen molar-refractivity contribution in [2.45, 2.75) is 6.42 Å². The highest BCUT2D eigenvalue weighted by atomic mass is 32.1. The molecule has 0 saturated carbocycles. The van der Waals surface area contributed by atoms with Crippen molar-refractivity contribution in [3.05, 3.63) is 12.3 Å². The summed E-state index contributed by atoms with van der Waals surface area (Å²) in [6.45, 7) is 1.02. The molecule has 0 amide bonds. The molecule has 0 spiro atoms. The predicted molar refractivity (Wildman–Crippen MR) is 27.8 cm³/mol. The van der Waals surface area contributed by atoms with Crippen LogP contribution in [0.4, 0.5) is 0 Å². The Bertz CT molecular complexity index is 69.9. The molecule has 0 N–H and O–H groups in total. The zero-order valence-corrected chi connectivity index (χ0v) is 4.24. The molecule has 0 unspecified atom stereocenters. The number of hydrogen-bond donors (Lipinski definition) is 0. The molecule has 0 radical (unpaired) electrons. The van der Waals surface area contributed by atoms with Crippen LogP contribution in [-0.4, -0.2) is 10.8 Å². The maximum absolute atomic E-state index is 4.75. The summed E-state index contributed by atoms with van der Waals surface area (Å²) in [4.78, 5) is 0. The van der Waals surface area contributed by atoms with Crippen molar-refractivity contribution < 1.29 is 0 Å². The Morgan fingerprint density at radius 2 is 2.50 bits per heavy atom. The van der Waals surface area contributed by atoms with Crippen molar-refractivity contribution in [2.24, 2.45) is 0 Å². The van der Waals surface area contributed by atoms with E-state index in [2.05, 4.69) is 6.08 Å².